The van der Waals surface area contributed by atoms with Gasteiger partial charge in [-0.05, 0) is 62.9 Å². The summed E-state index contributed by atoms with van der Waals surface area (Å²) < 4.78 is 5.88. The Kier molecular flexibility index (Phi) is 10.6. The van der Waals surface area contributed by atoms with Crippen molar-refractivity contribution in [3.05, 3.63) is 65.4 Å². The zero-order chi connectivity index (χ0) is 26.6. The van der Waals surface area contributed by atoms with Crippen LogP contribution in [0.4, 0.5) is 0 Å². The second-order valence-electron chi connectivity index (χ2n) is 9.40. The number of nitrogens with one attached hydrogen (secondary N) is 2. The lowest BCUT2D eigenvalue weighted by atomic mass is 10.0. The fraction of sp³-hybridized carbons (Fsp3) is 0.400. The second-order valence-corrected chi connectivity index (χ2v) is 9.40. The number of carbonyl (C=O) groups is 2. The van der Waals surface area contributed by atoms with E-state index in [1.807, 2.05) is 50.4 Å². The fourth-order valence-electron chi connectivity index (χ4n) is 4.14. The minimum atomic E-state index is -0.757. The predicted molar refractivity (Wildman–Crippen MR) is 145 cm³/mol. The van der Waals surface area contributed by atoms with Crippen LogP contribution < -0.4 is 10.1 Å². The van der Waals surface area contributed by atoms with Crippen LogP contribution in [-0.2, 0) is 11.2 Å². The van der Waals surface area contributed by atoms with Gasteiger partial charge in [0.2, 0.25) is 0 Å². The zero-order valence-corrected chi connectivity index (χ0v) is 21.5. The van der Waals surface area contributed by atoms with Crippen LogP contribution in [0, 0.1) is 11.8 Å². The molecular weight excluding hydrogens is 468 g/mol. The maximum absolute atomic E-state index is 13.3. The molecule has 0 aliphatic carbocycles. The molecule has 1 aromatic heterocycles. The van der Waals surface area contributed by atoms with Crippen LogP contribution in [0.5, 0.6) is 5.75 Å². The maximum Gasteiger partial charge on any atom is 0.303 e. The van der Waals surface area contributed by atoms with Crippen LogP contribution in [0.2, 0.25) is 0 Å². The molecule has 0 aliphatic rings. The number of para-hydroxylation sites is 1. The van der Waals surface area contributed by atoms with E-state index in [-0.39, 0.29) is 25.0 Å². The molecular formula is C30H36N2O5. The monoisotopic (exact) mass is 504 g/mol. The summed E-state index contributed by atoms with van der Waals surface area (Å²) in [5, 5.41) is 22.7. The normalized spacial score (nSPS) is 11.7. The van der Waals surface area contributed by atoms with Crippen molar-refractivity contribution in [2.24, 2.45) is 0 Å². The number of carboxylic acids is 1. The van der Waals surface area contributed by atoms with E-state index in [1.54, 1.807) is 12.1 Å². The van der Waals surface area contributed by atoms with Crippen molar-refractivity contribution < 1.29 is 24.5 Å². The van der Waals surface area contributed by atoms with E-state index in [0.29, 0.717) is 36.1 Å². The van der Waals surface area contributed by atoms with Gasteiger partial charge in [-0.25, -0.2) is 0 Å². The lowest BCUT2D eigenvalue weighted by molar-refractivity contribution is -0.137. The number of unbranched alkanes of at least 4 members (excludes halogenated alkanes) is 4. The summed E-state index contributed by atoms with van der Waals surface area (Å²) in [6, 6.07) is 12.8. The third-order valence-electron chi connectivity index (χ3n) is 5.96. The van der Waals surface area contributed by atoms with Crippen LogP contribution in [0.15, 0.2) is 48.7 Å². The van der Waals surface area contributed by atoms with Gasteiger partial charge in [0, 0.05) is 35.5 Å². The number of benzene rings is 2. The molecule has 1 unspecified atom stereocenters. The van der Waals surface area contributed by atoms with Crippen molar-refractivity contribution in [3.8, 4) is 17.6 Å². The van der Waals surface area contributed by atoms with Gasteiger partial charge in [0.1, 0.15) is 5.75 Å². The van der Waals surface area contributed by atoms with Crippen LogP contribution in [0.3, 0.4) is 0 Å². The van der Waals surface area contributed by atoms with Crippen molar-refractivity contribution >= 4 is 22.8 Å². The molecule has 4 N–H and O–H groups in total. The number of H-pyrrole nitrogens is 1. The molecule has 1 amide bonds. The smallest absolute Gasteiger partial charge is 0.303 e. The number of hydrogen-bond donors (Lipinski definition) is 4. The summed E-state index contributed by atoms with van der Waals surface area (Å²) in [5.41, 5.74) is 3.13. The molecule has 1 heterocycles. The molecule has 3 rings (SSSR count). The highest BCUT2D eigenvalue weighted by Gasteiger charge is 2.19. The van der Waals surface area contributed by atoms with Crippen LogP contribution >= 0.6 is 0 Å². The van der Waals surface area contributed by atoms with Gasteiger partial charge in [-0.15, -0.1) is 0 Å². The molecule has 37 heavy (non-hydrogen) atoms. The van der Waals surface area contributed by atoms with E-state index in [9.17, 15) is 14.7 Å². The molecule has 0 fully saturated rings. The van der Waals surface area contributed by atoms with Crippen LogP contribution in [0.1, 0.15) is 73.9 Å². The van der Waals surface area contributed by atoms with Gasteiger partial charge in [-0.2, -0.15) is 0 Å². The van der Waals surface area contributed by atoms with Crippen molar-refractivity contribution in [1.82, 2.24) is 10.3 Å². The topological polar surface area (TPSA) is 112 Å². The number of fused-ring (bicyclic) bond motifs is 1. The Bertz CT molecular complexity index is 1250. The Labute approximate surface area is 218 Å². The standard InChI is InChI=1S/C30H36N2O5/c1-21(2)37-28-16-15-22(11-7-5-3-4-6-8-14-29(34)35)17-26(28)30(36)32-24(20-33)18-23-19-31-27-13-10-9-12-25(23)27/h9-10,12-13,15-17,19,21,24,31,33H,3-6,8,14,18,20H2,1-2H3,(H,32,36)(H,34,35). The summed E-state index contributed by atoms with van der Waals surface area (Å²) in [5.74, 6) is 5.66. The highest BCUT2D eigenvalue weighted by molar-refractivity contribution is 5.97. The first-order valence-corrected chi connectivity index (χ1v) is 12.9. The average molecular weight is 505 g/mol. The lowest BCUT2D eigenvalue weighted by Crippen LogP contribution is -2.39. The molecule has 0 radical (unpaired) electrons. The van der Waals surface area contributed by atoms with Crippen molar-refractivity contribution in [3.63, 3.8) is 0 Å². The molecule has 3 aromatic rings. The van der Waals surface area contributed by atoms with Gasteiger partial charge in [0.05, 0.1) is 24.3 Å². The van der Waals surface area contributed by atoms with Crippen molar-refractivity contribution in [2.45, 2.75) is 70.9 Å². The molecule has 7 heteroatoms. The number of amides is 1. The average Bonchev–Trinajstić information content (AvgIpc) is 3.28. The van der Waals surface area contributed by atoms with Gasteiger partial charge in [0.25, 0.3) is 5.91 Å². The SMILES string of the molecule is CC(C)Oc1ccc(C#CCCCCCCC(=O)O)cc1C(=O)NC(CO)Cc1c[nH]c2ccccc12. The van der Waals surface area contributed by atoms with Gasteiger partial charge in [-0.3, -0.25) is 9.59 Å². The largest absolute Gasteiger partial charge is 0.490 e. The minimum Gasteiger partial charge on any atom is -0.490 e. The molecule has 0 saturated heterocycles. The molecule has 0 spiro atoms. The van der Waals surface area contributed by atoms with E-state index in [2.05, 4.69) is 22.1 Å². The van der Waals surface area contributed by atoms with Crippen LogP contribution in [-0.4, -0.2) is 45.8 Å². The Balaban J connectivity index is 1.66. The summed E-state index contributed by atoms with van der Waals surface area (Å²) in [6.07, 6.45) is 6.61. The number of aromatic nitrogens is 1. The first kappa shape index (κ1) is 27.8. The fourth-order valence-corrected chi connectivity index (χ4v) is 4.14. The number of aliphatic hydroxyl groups excluding tert-OH is 1. The predicted octanol–water partition coefficient (Wildman–Crippen LogP) is 5.07. The highest BCUT2D eigenvalue weighted by atomic mass is 16.5. The van der Waals surface area contributed by atoms with E-state index in [0.717, 1.165) is 35.7 Å². The second kappa shape index (κ2) is 14.1. The number of carbonyl (C=O) groups excluding carboxylic acids is 1. The summed E-state index contributed by atoms with van der Waals surface area (Å²) >= 11 is 0. The van der Waals surface area contributed by atoms with Gasteiger partial charge in [0.15, 0.2) is 0 Å². The Morgan fingerprint density at radius 1 is 1.08 bits per heavy atom. The van der Waals surface area contributed by atoms with E-state index < -0.39 is 12.0 Å². The third-order valence-corrected chi connectivity index (χ3v) is 5.96. The molecule has 2 aromatic carbocycles. The van der Waals surface area contributed by atoms with Crippen molar-refractivity contribution in [2.75, 3.05) is 6.61 Å². The Hall–Kier alpha value is -3.76. The third kappa shape index (κ3) is 8.69. The molecule has 7 nitrogen and oxygen atoms in total. The molecule has 0 saturated carbocycles. The van der Waals surface area contributed by atoms with E-state index in [4.69, 9.17) is 9.84 Å². The number of aromatic amines is 1. The number of rotatable bonds is 13. The lowest BCUT2D eigenvalue weighted by Gasteiger charge is -2.19. The van der Waals surface area contributed by atoms with Gasteiger partial charge in [-0.1, -0.05) is 42.9 Å². The molecule has 0 aliphatic heterocycles. The highest BCUT2D eigenvalue weighted by Crippen LogP contribution is 2.23. The van der Waals surface area contributed by atoms with E-state index in [1.165, 1.54) is 0 Å². The maximum atomic E-state index is 13.3. The number of aliphatic carboxylic acids is 1. The van der Waals surface area contributed by atoms with Crippen LogP contribution in [0.25, 0.3) is 10.9 Å². The molecule has 0 bridgehead atoms. The zero-order valence-electron chi connectivity index (χ0n) is 21.5. The minimum absolute atomic E-state index is 0.107. The van der Waals surface area contributed by atoms with Gasteiger partial charge >= 0.3 is 5.97 Å². The molecule has 196 valence electrons. The summed E-state index contributed by atoms with van der Waals surface area (Å²) in [4.78, 5) is 27.1. The summed E-state index contributed by atoms with van der Waals surface area (Å²) in [7, 11) is 0. The Morgan fingerprint density at radius 3 is 2.62 bits per heavy atom. The summed E-state index contributed by atoms with van der Waals surface area (Å²) in [6.45, 7) is 3.61. The number of carboxylic acid groups (broad SMARTS) is 1. The number of hydrogen-bond acceptors (Lipinski definition) is 4. The number of ether oxygens (including phenoxy) is 1. The van der Waals surface area contributed by atoms with Crippen molar-refractivity contribution in [1.29, 1.82) is 0 Å². The first-order valence-electron chi connectivity index (χ1n) is 12.9. The number of aliphatic hydroxyl groups is 1. The van der Waals surface area contributed by atoms with Gasteiger partial charge < -0.3 is 25.3 Å². The first-order chi connectivity index (χ1) is 17.9. The molecule has 1 atom stereocenters. The Morgan fingerprint density at radius 2 is 1.86 bits per heavy atom. The van der Waals surface area contributed by atoms with E-state index >= 15 is 0 Å². The quantitative estimate of drug-likeness (QED) is 0.192.